The molecule has 0 spiro atoms. The molecule has 1 atom stereocenters. The van der Waals surface area contributed by atoms with E-state index in [0.717, 1.165) is 12.8 Å². The Bertz CT molecular complexity index is 785. The Morgan fingerprint density at radius 1 is 1.30 bits per heavy atom. The highest BCUT2D eigenvalue weighted by Gasteiger charge is 2.36. The molecule has 1 unspecified atom stereocenters. The Balaban J connectivity index is 2.11. The summed E-state index contributed by atoms with van der Waals surface area (Å²) >= 11 is 0. The van der Waals surface area contributed by atoms with Crippen LogP contribution >= 0.6 is 0 Å². The van der Waals surface area contributed by atoms with Crippen molar-refractivity contribution in [3.63, 3.8) is 0 Å². The van der Waals surface area contributed by atoms with E-state index in [4.69, 9.17) is 0 Å². The van der Waals surface area contributed by atoms with Gasteiger partial charge in [-0.25, -0.2) is 18.4 Å². The van der Waals surface area contributed by atoms with E-state index in [2.05, 4.69) is 15.1 Å². The summed E-state index contributed by atoms with van der Waals surface area (Å²) in [5.74, 6) is 2.16. The quantitative estimate of drug-likeness (QED) is 0.852. The van der Waals surface area contributed by atoms with E-state index in [1.807, 2.05) is 32.0 Å². The second-order valence-electron chi connectivity index (χ2n) is 6.11. The van der Waals surface area contributed by atoms with E-state index in [-0.39, 0.29) is 12.0 Å². The Hall–Kier alpha value is -1.80. The Morgan fingerprint density at radius 2 is 2.09 bits per heavy atom. The van der Waals surface area contributed by atoms with E-state index in [1.165, 1.54) is 10.6 Å². The number of hydrogen-bond acceptors (Lipinski definition) is 5. The lowest BCUT2D eigenvalue weighted by Gasteiger charge is -2.21. The number of pyridine rings is 1. The fourth-order valence-electron chi connectivity index (χ4n) is 2.84. The van der Waals surface area contributed by atoms with Crippen molar-refractivity contribution in [2.45, 2.75) is 38.6 Å². The number of nitrogens with zero attached hydrogens (tertiary/aromatic N) is 5. The van der Waals surface area contributed by atoms with Crippen molar-refractivity contribution < 1.29 is 8.42 Å². The minimum atomic E-state index is -3.28. The highest BCUT2D eigenvalue weighted by molar-refractivity contribution is 7.88. The molecule has 0 saturated carbocycles. The molecule has 0 aromatic carbocycles. The van der Waals surface area contributed by atoms with Crippen LogP contribution in [0.3, 0.4) is 0 Å². The minimum absolute atomic E-state index is 0.159. The van der Waals surface area contributed by atoms with Crippen molar-refractivity contribution >= 4 is 10.0 Å². The van der Waals surface area contributed by atoms with Crippen LogP contribution in [-0.2, 0) is 10.0 Å². The summed E-state index contributed by atoms with van der Waals surface area (Å²) < 4.78 is 27.3. The SMILES string of the molecule is CC(C)c1nc(C2CCCN2S(C)(=O)=O)n(-c2ccccn2)n1. The monoisotopic (exact) mass is 335 g/mol. The molecule has 1 aliphatic rings. The van der Waals surface area contributed by atoms with Gasteiger partial charge >= 0.3 is 0 Å². The molecule has 23 heavy (non-hydrogen) atoms. The van der Waals surface area contributed by atoms with Crippen LogP contribution in [0.15, 0.2) is 24.4 Å². The number of hydrogen-bond donors (Lipinski definition) is 0. The normalized spacial score (nSPS) is 19.6. The highest BCUT2D eigenvalue weighted by Crippen LogP contribution is 2.34. The van der Waals surface area contributed by atoms with Crippen molar-refractivity contribution in [2.24, 2.45) is 0 Å². The van der Waals surface area contributed by atoms with Gasteiger partial charge in [0, 0.05) is 18.7 Å². The maximum absolute atomic E-state index is 12.1. The number of rotatable bonds is 4. The molecule has 1 aliphatic heterocycles. The first-order valence-electron chi connectivity index (χ1n) is 7.73. The molecular formula is C15H21N5O2S. The van der Waals surface area contributed by atoms with Gasteiger partial charge in [0.25, 0.3) is 0 Å². The van der Waals surface area contributed by atoms with Crippen LogP contribution in [0, 0.1) is 0 Å². The maximum atomic E-state index is 12.1. The molecule has 1 saturated heterocycles. The van der Waals surface area contributed by atoms with Gasteiger partial charge < -0.3 is 0 Å². The molecule has 0 N–H and O–H groups in total. The fourth-order valence-corrected chi connectivity index (χ4v) is 3.97. The zero-order valence-electron chi connectivity index (χ0n) is 13.5. The second-order valence-corrected chi connectivity index (χ2v) is 8.05. The molecule has 0 aliphatic carbocycles. The third-order valence-electron chi connectivity index (χ3n) is 3.96. The van der Waals surface area contributed by atoms with Gasteiger partial charge in [0.05, 0.1) is 12.3 Å². The van der Waals surface area contributed by atoms with E-state index >= 15 is 0 Å². The van der Waals surface area contributed by atoms with E-state index in [1.54, 1.807) is 10.9 Å². The molecule has 2 aromatic heterocycles. The van der Waals surface area contributed by atoms with Crippen molar-refractivity contribution in [3.8, 4) is 5.82 Å². The second kappa shape index (κ2) is 6.01. The summed E-state index contributed by atoms with van der Waals surface area (Å²) in [6.07, 6.45) is 4.51. The van der Waals surface area contributed by atoms with Crippen LogP contribution in [-0.4, -0.2) is 45.3 Å². The first kappa shape index (κ1) is 16.1. The fraction of sp³-hybridized carbons (Fsp3) is 0.533. The maximum Gasteiger partial charge on any atom is 0.211 e. The molecule has 7 nitrogen and oxygen atoms in total. The average Bonchev–Trinajstić information content (AvgIpc) is 3.14. The first-order chi connectivity index (χ1) is 10.9. The Kier molecular flexibility index (Phi) is 4.20. The summed E-state index contributed by atoms with van der Waals surface area (Å²) in [6.45, 7) is 4.56. The predicted octanol–water partition coefficient (Wildman–Crippen LogP) is 1.88. The summed E-state index contributed by atoms with van der Waals surface area (Å²) in [4.78, 5) is 8.97. The highest BCUT2D eigenvalue weighted by atomic mass is 32.2. The molecule has 3 rings (SSSR count). The van der Waals surface area contributed by atoms with Crippen LogP contribution in [0.25, 0.3) is 5.82 Å². The van der Waals surface area contributed by atoms with Gasteiger partial charge in [-0.1, -0.05) is 19.9 Å². The molecule has 1 fully saturated rings. The lowest BCUT2D eigenvalue weighted by molar-refractivity contribution is 0.381. The smallest absolute Gasteiger partial charge is 0.211 e. The molecule has 0 amide bonds. The number of sulfonamides is 1. The number of aromatic nitrogens is 4. The van der Waals surface area contributed by atoms with Gasteiger partial charge in [0.1, 0.15) is 0 Å². The first-order valence-corrected chi connectivity index (χ1v) is 9.58. The van der Waals surface area contributed by atoms with Gasteiger partial charge in [-0.3, -0.25) is 0 Å². The third-order valence-corrected chi connectivity index (χ3v) is 5.25. The third kappa shape index (κ3) is 3.13. The zero-order chi connectivity index (χ0) is 16.6. The lowest BCUT2D eigenvalue weighted by atomic mass is 10.2. The van der Waals surface area contributed by atoms with Gasteiger partial charge in [0.15, 0.2) is 17.5 Å². The van der Waals surface area contributed by atoms with Crippen molar-refractivity contribution in [1.29, 1.82) is 0 Å². The molecule has 124 valence electrons. The van der Waals surface area contributed by atoms with E-state index in [9.17, 15) is 8.42 Å². The predicted molar refractivity (Wildman–Crippen MR) is 86.8 cm³/mol. The molecule has 0 radical (unpaired) electrons. The summed E-state index contributed by atoms with van der Waals surface area (Å²) in [5, 5.41) is 4.56. The Labute approximate surface area is 136 Å². The van der Waals surface area contributed by atoms with Crippen LogP contribution in [0.2, 0.25) is 0 Å². The lowest BCUT2D eigenvalue weighted by Crippen LogP contribution is -2.31. The van der Waals surface area contributed by atoms with E-state index in [0.29, 0.717) is 24.0 Å². The molecular weight excluding hydrogens is 314 g/mol. The summed E-state index contributed by atoms with van der Waals surface area (Å²) in [5.41, 5.74) is 0. The standard InChI is InChI=1S/C15H21N5O2S/c1-11(2)14-17-15(12-7-6-10-19(12)23(3,21)22)20(18-14)13-8-4-5-9-16-13/h4-5,8-9,11-12H,6-7,10H2,1-3H3. The zero-order valence-corrected chi connectivity index (χ0v) is 14.4. The van der Waals surface area contributed by atoms with Gasteiger partial charge in [-0.2, -0.15) is 8.99 Å². The van der Waals surface area contributed by atoms with Gasteiger partial charge in [-0.15, -0.1) is 5.10 Å². The molecule has 0 bridgehead atoms. The van der Waals surface area contributed by atoms with E-state index < -0.39 is 10.0 Å². The molecule has 8 heteroatoms. The largest absolute Gasteiger partial charge is 0.237 e. The Morgan fingerprint density at radius 3 is 2.70 bits per heavy atom. The average molecular weight is 335 g/mol. The summed E-state index contributed by atoms with van der Waals surface area (Å²) in [7, 11) is -3.28. The van der Waals surface area contributed by atoms with Crippen molar-refractivity contribution in [2.75, 3.05) is 12.8 Å². The molecule has 2 aromatic rings. The van der Waals surface area contributed by atoms with Crippen LogP contribution < -0.4 is 0 Å². The van der Waals surface area contributed by atoms with Gasteiger partial charge in [-0.05, 0) is 25.0 Å². The minimum Gasteiger partial charge on any atom is -0.237 e. The van der Waals surface area contributed by atoms with Crippen molar-refractivity contribution in [1.82, 2.24) is 24.1 Å². The van der Waals surface area contributed by atoms with Crippen molar-refractivity contribution in [3.05, 3.63) is 36.0 Å². The molecule has 3 heterocycles. The summed E-state index contributed by atoms with van der Waals surface area (Å²) in [6, 6.07) is 5.28. The van der Waals surface area contributed by atoms with Crippen LogP contribution in [0.4, 0.5) is 0 Å². The van der Waals surface area contributed by atoms with Crippen LogP contribution in [0.1, 0.15) is 50.3 Å². The van der Waals surface area contributed by atoms with Crippen LogP contribution in [0.5, 0.6) is 0 Å². The van der Waals surface area contributed by atoms with Gasteiger partial charge in [0.2, 0.25) is 10.0 Å². The topological polar surface area (TPSA) is 81.0 Å².